The van der Waals surface area contributed by atoms with E-state index in [4.69, 9.17) is 15.7 Å². The van der Waals surface area contributed by atoms with E-state index in [0.29, 0.717) is 24.2 Å². The van der Waals surface area contributed by atoms with Crippen molar-refractivity contribution in [1.82, 2.24) is 5.32 Å². The van der Waals surface area contributed by atoms with E-state index in [-0.39, 0.29) is 12.5 Å². The van der Waals surface area contributed by atoms with E-state index in [1.165, 1.54) is 22.3 Å². The van der Waals surface area contributed by atoms with Gasteiger partial charge in [0.25, 0.3) is 0 Å². The van der Waals surface area contributed by atoms with Crippen LogP contribution in [0.1, 0.15) is 29.0 Å². The summed E-state index contributed by atoms with van der Waals surface area (Å²) in [7, 11) is 0. The van der Waals surface area contributed by atoms with Gasteiger partial charge in [-0.15, -0.1) is 0 Å². The molecule has 5 nitrogen and oxygen atoms in total. The summed E-state index contributed by atoms with van der Waals surface area (Å²) in [6.45, 7) is 0.654. The topological polar surface area (TPSA) is 88.1 Å². The Hall–Kier alpha value is -3.87. The highest BCUT2D eigenvalue weighted by atomic mass is 32.2. The standard InChI is InChI=1S/C26H21N3O2S/c27-17-32-19-12-13-25(28)18(15-19)7-5-6-14-29-26(30)31-16-24-22-10-3-1-8-20(22)21-9-2-4-11-23(21)24/h1-4,8-13,15,24H,6,14,16,28H2,(H,29,30). The maximum Gasteiger partial charge on any atom is 0.407 e. The summed E-state index contributed by atoms with van der Waals surface area (Å²) in [5.41, 5.74) is 11.9. The minimum absolute atomic E-state index is 0.0365. The van der Waals surface area contributed by atoms with Gasteiger partial charge in [0.2, 0.25) is 0 Å². The number of amides is 1. The average molecular weight is 440 g/mol. The lowest BCUT2D eigenvalue weighted by Crippen LogP contribution is -2.26. The van der Waals surface area contributed by atoms with E-state index in [9.17, 15) is 4.79 Å². The lowest BCUT2D eigenvalue weighted by Gasteiger charge is -2.14. The Morgan fingerprint density at radius 1 is 1.06 bits per heavy atom. The number of fused-ring (bicyclic) bond motifs is 3. The van der Waals surface area contributed by atoms with Crippen LogP contribution in [0, 0.1) is 22.5 Å². The maximum absolute atomic E-state index is 12.2. The molecule has 0 aromatic heterocycles. The molecule has 158 valence electrons. The number of nitrogens with two attached hydrogens (primary N) is 1. The van der Waals surface area contributed by atoms with Crippen LogP contribution in [0.2, 0.25) is 0 Å². The van der Waals surface area contributed by atoms with Gasteiger partial charge in [0.05, 0.1) is 0 Å². The van der Waals surface area contributed by atoms with Crippen molar-refractivity contribution < 1.29 is 9.53 Å². The second-order valence-electron chi connectivity index (χ2n) is 7.25. The van der Waals surface area contributed by atoms with Crippen molar-refractivity contribution in [3.8, 4) is 28.4 Å². The molecule has 1 aliphatic rings. The van der Waals surface area contributed by atoms with E-state index in [1.54, 1.807) is 18.2 Å². The predicted octanol–water partition coefficient (Wildman–Crippen LogP) is 5.12. The zero-order chi connectivity index (χ0) is 22.3. The van der Waals surface area contributed by atoms with Crippen molar-refractivity contribution in [2.24, 2.45) is 0 Å². The average Bonchev–Trinajstić information content (AvgIpc) is 3.13. The first-order chi connectivity index (χ1) is 15.7. The lowest BCUT2D eigenvalue weighted by molar-refractivity contribution is 0.143. The first-order valence-corrected chi connectivity index (χ1v) is 11.0. The van der Waals surface area contributed by atoms with Gasteiger partial charge in [-0.25, -0.2) is 4.79 Å². The minimum Gasteiger partial charge on any atom is -0.449 e. The SMILES string of the molecule is N#CSc1ccc(N)c(C#CCCNC(=O)OCC2c3ccccc3-c3ccccc32)c1. The van der Waals surface area contributed by atoms with Crippen LogP contribution >= 0.6 is 11.8 Å². The second-order valence-corrected chi connectivity index (χ2v) is 8.10. The predicted molar refractivity (Wildman–Crippen MR) is 127 cm³/mol. The molecule has 0 bridgehead atoms. The molecular formula is C26H21N3O2S. The quantitative estimate of drug-likeness (QED) is 0.189. The molecule has 1 amide bonds. The molecule has 0 radical (unpaired) electrons. The van der Waals surface area contributed by atoms with Gasteiger partial charge in [-0.3, -0.25) is 0 Å². The van der Waals surface area contributed by atoms with Crippen LogP contribution in [0.4, 0.5) is 10.5 Å². The van der Waals surface area contributed by atoms with Gasteiger partial charge in [0.15, 0.2) is 0 Å². The fourth-order valence-electron chi connectivity index (χ4n) is 3.79. The molecular weight excluding hydrogens is 418 g/mol. The summed E-state index contributed by atoms with van der Waals surface area (Å²) >= 11 is 1.06. The van der Waals surface area contributed by atoms with E-state index in [2.05, 4.69) is 41.4 Å². The largest absolute Gasteiger partial charge is 0.449 e. The summed E-state index contributed by atoms with van der Waals surface area (Å²) < 4.78 is 5.51. The Balaban J connectivity index is 1.29. The highest BCUT2D eigenvalue weighted by Crippen LogP contribution is 2.44. The highest BCUT2D eigenvalue weighted by molar-refractivity contribution is 8.03. The van der Waals surface area contributed by atoms with Crippen LogP contribution in [0.15, 0.2) is 71.6 Å². The number of rotatable bonds is 5. The number of hydrogen-bond acceptors (Lipinski definition) is 5. The number of nitrogens with zero attached hydrogens (tertiary/aromatic N) is 1. The first-order valence-electron chi connectivity index (χ1n) is 10.2. The zero-order valence-electron chi connectivity index (χ0n) is 17.3. The number of carbonyl (C=O) groups is 1. The summed E-state index contributed by atoms with van der Waals surface area (Å²) in [6, 6.07) is 21.8. The van der Waals surface area contributed by atoms with Gasteiger partial charge < -0.3 is 15.8 Å². The van der Waals surface area contributed by atoms with Gasteiger partial charge >= 0.3 is 6.09 Å². The Morgan fingerprint density at radius 2 is 1.75 bits per heavy atom. The zero-order valence-corrected chi connectivity index (χ0v) is 18.1. The van der Waals surface area contributed by atoms with Crippen molar-refractivity contribution in [2.75, 3.05) is 18.9 Å². The molecule has 3 aromatic rings. The molecule has 4 rings (SSSR count). The number of benzene rings is 3. The van der Waals surface area contributed by atoms with Crippen LogP contribution in [-0.2, 0) is 4.74 Å². The molecule has 0 atom stereocenters. The number of thiocyanates is 1. The molecule has 0 spiro atoms. The van der Waals surface area contributed by atoms with Crippen LogP contribution in [0.5, 0.6) is 0 Å². The fourth-order valence-corrected chi connectivity index (χ4v) is 4.21. The van der Waals surface area contributed by atoms with Gasteiger partial charge in [-0.1, -0.05) is 60.4 Å². The van der Waals surface area contributed by atoms with Crippen molar-refractivity contribution in [1.29, 1.82) is 5.26 Å². The molecule has 6 heteroatoms. The molecule has 3 N–H and O–H groups in total. The molecule has 0 saturated heterocycles. The van der Waals surface area contributed by atoms with Gasteiger partial charge in [0.1, 0.15) is 12.0 Å². The Kier molecular flexibility index (Phi) is 6.65. The molecule has 1 aliphatic carbocycles. The van der Waals surface area contributed by atoms with E-state index in [1.807, 2.05) is 29.7 Å². The lowest BCUT2D eigenvalue weighted by atomic mass is 9.98. The number of ether oxygens (including phenoxy) is 1. The van der Waals surface area contributed by atoms with Gasteiger partial charge in [-0.05, 0) is 52.2 Å². The number of anilines is 1. The van der Waals surface area contributed by atoms with Gasteiger partial charge in [0, 0.05) is 35.0 Å². The molecule has 0 unspecified atom stereocenters. The number of nitriles is 1. The second kappa shape index (κ2) is 9.96. The van der Waals surface area contributed by atoms with Crippen LogP contribution in [0.25, 0.3) is 11.1 Å². The fraction of sp³-hybridized carbons (Fsp3) is 0.154. The third-order valence-corrected chi connectivity index (χ3v) is 5.86. The summed E-state index contributed by atoms with van der Waals surface area (Å²) in [5.74, 6) is 6.03. The normalized spacial score (nSPS) is 11.5. The van der Waals surface area contributed by atoms with Crippen molar-refractivity contribution in [3.63, 3.8) is 0 Å². The van der Waals surface area contributed by atoms with E-state index >= 15 is 0 Å². The first kappa shape index (κ1) is 21.4. The van der Waals surface area contributed by atoms with Crippen LogP contribution in [-0.4, -0.2) is 19.2 Å². The third kappa shape index (κ3) is 4.72. The number of carbonyl (C=O) groups excluding carboxylic acids is 1. The minimum atomic E-state index is -0.458. The smallest absolute Gasteiger partial charge is 0.407 e. The third-order valence-electron chi connectivity index (χ3n) is 5.27. The maximum atomic E-state index is 12.2. The summed E-state index contributed by atoms with van der Waals surface area (Å²) in [6.07, 6.45) is -0.000189. The summed E-state index contributed by atoms with van der Waals surface area (Å²) in [5, 5.41) is 13.6. The molecule has 0 fully saturated rings. The number of thioether (sulfide) groups is 1. The Bertz CT molecular complexity index is 1210. The number of hydrogen-bond donors (Lipinski definition) is 2. The van der Waals surface area contributed by atoms with E-state index < -0.39 is 6.09 Å². The Morgan fingerprint density at radius 3 is 2.44 bits per heavy atom. The molecule has 3 aromatic carbocycles. The number of alkyl carbamates (subject to hydrolysis) is 1. The Labute approximate surface area is 191 Å². The summed E-state index contributed by atoms with van der Waals surface area (Å²) in [4.78, 5) is 13.0. The number of nitrogen functional groups attached to an aromatic ring is 1. The number of nitrogens with one attached hydrogen (secondary N) is 1. The highest BCUT2D eigenvalue weighted by Gasteiger charge is 2.28. The molecule has 0 heterocycles. The van der Waals surface area contributed by atoms with Crippen molar-refractivity contribution >= 4 is 23.5 Å². The van der Waals surface area contributed by atoms with Crippen molar-refractivity contribution in [2.45, 2.75) is 17.2 Å². The van der Waals surface area contributed by atoms with Gasteiger partial charge in [-0.2, -0.15) is 5.26 Å². The van der Waals surface area contributed by atoms with Crippen molar-refractivity contribution in [3.05, 3.63) is 83.4 Å². The molecule has 32 heavy (non-hydrogen) atoms. The van der Waals surface area contributed by atoms with Crippen LogP contribution < -0.4 is 11.1 Å². The van der Waals surface area contributed by atoms with E-state index in [0.717, 1.165) is 16.7 Å². The molecule has 0 aliphatic heterocycles. The monoisotopic (exact) mass is 439 g/mol. The van der Waals surface area contributed by atoms with Crippen LogP contribution in [0.3, 0.4) is 0 Å². The molecule has 0 saturated carbocycles.